The molecule has 1 saturated heterocycles. The van der Waals surface area contributed by atoms with E-state index in [1.165, 1.54) is 11.6 Å². The van der Waals surface area contributed by atoms with E-state index in [0.717, 1.165) is 55.6 Å². The number of sulfone groups is 1. The molecule has 37 heavy (non-hydrogen) atoms. The molecule has 0 unspecified atom stereocenters. The quantitative estimate of drug-likeness (QED) is 0.324. The van der Waals surface area contributed by atoms with Gasteiger partial charge in [0.1, 0.15) is 11.6 Å². The number of hydrogen-bond donors (Lipinski definition) is 0. The van der Waals surface area contributed by atoms with E-state index in [4.69, 9.17) is 4.74 Å². The first kappa shape index (κ1) is 26.8. The van der Waals surface area contributed by atoms with Gasteiger partial charge in [-0.3, -0.25) is 4.79 Å². The van der Waals surface area contributed by atoms with Crippen molar-refractivity contribution in [2.45, 2.75) is 44.8 Å². The molecule has 1 amide bonds. The molecule has 0 aliphatic carbocycles. The summed E-state index contributed by atoms with van der Waals surface area (Å²) in [4.78, 5) is 19.0. The molecule has 2 heterocycles. The lowest BCUT2D eigenvalue weighted by Crippen LogP contribution is -2.41. The summed E-state index contributed by atoms with van der Waals surface area (Å²) in [6.07, 6.45) is 8.93. The van der Waals surface area contributed by atoms with E-state index >= 15 is 0 Å². The maximum Gasteiger partial charge on any atom is 0.238 e. The Hall–Kier alpha value is -3.23. The molecule has 8 heteroatoms. The predicted octanol–water partition coefficient (Wildman–Crippen LogP) is 4.67. The first-order valence-electron chi connectivity index (χ1n) is 12.9. The van der Waals surface area contributed by atoms with Gasteiger partial charge in [-0.2, -0.15) is 0 Å². The van der Waals surface area contributed by atoms with Gasteiger partial charge in [-0.15, -0.1) is 0 Å². The largest absolute Gasteiger partial charge is 0.377 e. The average Bonchev–Trinajstić information content (AvgIpc) is 3.39. The fraction of sp³-hybridized carbons (Fsp3) is 0.379. The molecule has 4 rings (SSSR count). The molecule has 0 saturated carbocycles. The molecule has 2 aromatic carbocycles. The molecule has 3 aromatic rings. The van der Waals surface area contributed by atoms with Gasteiger partial charge in [0.2, 0.25) is 5.91 Å². The van der Waals surface area contributed by atoms with Crippen molar-refractivity contribution in [3.05, 3.63) is 95.4 Å². The molecule has 1 aliphatic rings. The van der Waals surface area contributed by atoms with Crippen molar-refractivity contribution in [3.63, 3.8) is 0 Å². The van der Waals surface area contributed by atoms with E-state index in [0.29, 0.717) is 19.7 Å². The molecular formula is C29H35N3O4S. The van der Waals surface area contributed by atoms with Crippen molar-refractivity contribution in [2.24, 2.45) is 0 Å². The van der Waals surface area contributed by atoms with Gasteiger partial charge >= 0.3 is 0 Å². The molecule has 7 nitrogen and oxygen atoms in total. The highest BCUT2D eigenvalue weighted by Crippen LogP contribution is 2.27. The minimum absolute atomic E-state index is 0.267. The number of amides is 1. The van der Waals surface area contributed by atoms with Gasteiger partial charge in [0.25, 0.3) is 0 Å². The summed E-state index contributed by atoms with van der Waals surface area (Å²) in [6, 6.07) is 19.4. The fourth-order valence-corrected chi connectivity index (χ4v) is 5.55. The van der Waals surface area contributed by atoms with E-state index in [2.05, 4.69) is 21.7 Å². The van der Waals surface area contributed by atoms with Crippen molar-refractivity contribution in [1.29, 1.82) is 0 Å². The molecule has 196 valence electrons. The minimum atomic E-state index is -3.62. The van der Waals surface area contributed by atoms with Crippen LogP contribution in [0.5, 0.6) is 0 Å². The second kappa shape index (κ2) is 13.4. The summed E-state index contributed by atoms with van der Waals surface area (Å²) in [5.41, 5.74) is 1.97. The van der Waals surface area contributed by atoms with Crippen LogP contribution in [0.1, 0.15) is 48.6 Å². The van der Waals surface area contributed by atoms with Crippen LogP contribution < -0.4 is 0 Å². The Morgan fingerprint density at radius 3 is 2.43 bits per heavy atom. The van der Waals surface area contributed by atoms with Crippen molar-refractivity contribution in [1.82, 2.24) is 14.5 Å². The number of carbonyl (C=O) groups excluding carboxylic acids is 1. The van der Waals surface area contributed by atoms with Crippen LogP contribution in [-0.4, -0.2) is 54.2 Å². The summed E-state index contributed by atoms with van der Waals surface area (Å²) in [5, 5.41) is 1.14. The van der Waals surface area contributed by atoms with E-state index < -0.39 is 15.6 Å². The number of piperidine rings is 1. The van der Waals surface area contributed by atoms with Gasteiger partial charge in [-0.05, 0) is 42.9 Å². The summed E-state index contributed by atoms with van der Waals surface area (Å²) >= 11 is 0. The zero-order valence-corrected chi connectivity index (χ0v) is 21.9. The third-order valence-electron chi connectivity index (χ3n) is 6.60. The van der Waals surface area contributed by atoms with Gasteiger partial charge in [-0.25, -0.2) is 13.4 Å². The van der Waals surface area contributed by atoms with E-state index in [1.807, 2.05) is 60.9 Å². The Morgan fingerprint density at radius 2 is 1.70 bits per heavy atom. The summed E-state index contributed by atoms with van der Waals surface area (Å²) in [7, 11) is -3.62. The minimum Gasteiger partial charge on any atom is -0.377 e. The molecule has 1 aliphatic heterocycles. The number of rotatable bonds is 12. The Bertz CT molecular complexity index is 1250. The average molecular weight is 522 g/mol. The lowest BCUT2D eigenvalue weighted by molar-refractivity contribution is -0.129. The monoisotopic (exact) mass is 521 g/mol. The lowest BCUT2D eigenvalue weighted by Gasteiger charge is -2.32. The smallest absolute Gasteiger partial charge is 0.238 e. The first-order valence-corrected chi connectivity index (χ1v) is 14.6. The number of carbonyl (C=O) groups is 1. The molecule has 0 spiro atoms. The first-order chi connectivity index (χ1) is 18.0. The number of imidazole rings is 1. The maximum absolute atomic E-state index is 12.7. The van der Waals surface area contributed by atoms with Crippen LogP contribution in [0.15, 0.2) is 78.5 Å². The van der Waals surface area contributed by atoms with Crippen molar-refractivity contribution >= 4 is 21.8 Å². The van der Waals surface area contributed by atoms with Crippen LogP contribution in [0, 0.1) is 0 Å². The highest BCUT2D eigenvalue weighted by atomic mass is 32.2. The number of benzene rings is 2. The van der Waals surface area contributed by atoms with Gasteiger partial charge in [0, 0.05) is 50.0 Å². The predicted molar refractivity (Wildman–Crippen MR) is 145 cm³/mol. The molecule has 0 N–H and O–H groups in total. The summed E-state index contributed by atoms with van der Waals surface area (Å²) in [6.45, 7) is 3.33. The van der Waals surface area contributed by atoms with Gasteiger partial charge in [0.15, 0.2) is 9.84 Å². The van der Waals surface area contributed by atoms with Crippen LogP contribution in [0.2, 0.25) is 0 Å². The molecule has 1 aromatic heterocycles. The van der Waals surface area contributed by atoms with Crippen LogP contribution >= 0.6 is 0 Å². The van der Waals surface area contributed by atoms with Gasteiger partial charge < -0.3 is 14.2 Å². The Morgan fingerprint density at radius 1 is 1.00 bits per heavy atom. The Labute approximate surface area is 219 Å². The SMILES string of the molecule is O=C(CS(=O)(=O)C=Cc1ccccc1)N1CCC(c2nccn2CCCCOCc2ccccc2)CC1. The number of unbranched alkanes of at least 4 members (excludes halogenated alkanes) is 1. The summed E-state index contributed by atoms with van der Waals surface area (Å²) in [5.74, 6) is 0.482. The third-order valence-corrected chi connectivity index (χ3v) is 7.80. The van der Waals surface area contributed by atoms with Crippen molar-refractivity contribution in [2.75, 3.05) is 25.4 Å². The van der Waals surface area contributed by atoms with E-state index in [1.54, 1.807) is 4.90 Å². The number of aromatic nitrogens is 2. The van der Waals surface area contributed by atoms with Crippen LogP contribution in [0.4, 0.5) is 0 Å². The van der Waals surface area contributed by atoms with E-state index in [9.17, 15) is 13.2 Å². The normalized spacial score (nSPS) is 14.9. The topological polar surface area (TPSA) is 81.5 Å². The van der Waals surface area contributed by atoms with Crippen LogP contribution in [0.25, 0.3) is 6.08 Å². The molecular weight excluding hydrogens is 486 g/mol. The second-order valence-electron chi connectivity index (χ2n) is 9.40. The van der Waals surface area contributed by atoms with Crippen molar-refractivity contribution < 1.29 is 17.9 Å². The highest BCUT2D eigenvalue weighted by molar-refractivity contribution is 7.95. The zero-order valence-electron chi connectivity index (χ0n) is 21.1. The van der Waals surface area contributed by atoms with E-state index in [-0.39, 0.29) is 11.8 Å². The Kier molecular flexibility index (Phi) is 9.68. The molecule has 0 radical (unpaired) electrons. The molecule has 1 fully saturated rings. The lowest BCUT2D eigenvalue weighted by atomic mass is 9.96. The number of aryl methyl sites for hydroxylation is 1. The number of hydrogen-bond acceptors (Lipinski definition) is 5. The highest BCUT2D eigenvalue weighted by Gasteiger charge is 2.28. The maximum atomic E-state index is 12.7. The summed E-state index contributed by atoms with van der Waals surface area (Å²) < 4.78 is 32.9. The fourth-order valence-electron chi connectivity index (χ4n) is 4.57. The standard InChI is InChI=1S/C29H35N3O4S/c33-28(24-37(34,35)22-15-25-9-3-1-4-10-25)31-18-13-27(14-19-31)29-30-16-20-32(29)17-7-8-21-36-23-26-11-5-2-6-12-26/h1-6,9-12,15-16,20,22,27H,7-8,13-14,17-19,21,23-24H2. The second-order valence-corrected chi connectivity index (χ2v) is 11.3. The van der Waals surface area contributed by atoms with Crippen LogP contribution in [0.3, 0.4) is 0 Å². The van der Waals surface area contributed by atoms with Gasteiger partial charge in [-0.1, -0.05) is 60.7 Å². The third kappa shape index (κ3) is 8.40. The molecule has 0 bridgehead atoms. The number of nitrogens with zero attached hydrogens (tertiary/aromatic N) is 3. The Balaban J connectivity index is 1.18. The van der Waals surface area contributed by atoms with Crippen molar-refractivity contribution in [3.8, 4) is 0 Å². The number of likely N-dealkylation sites (tertiary alicyclic amines) is 1. The van der Waals surface area contributed by atoms with Crippen LogP contribution in [-0.2, 0) is 32.5 Å². The zero-order chi connectivity index (χ0) is 25.9. The van der Waals surface area contributed by atoms with Gasteiger partial charge in [0.05, 0.1) is 6.61 Å². The number of ether oxygens (including phenoxy) is 1. The molecule has 0 atom stereocenters.